The Hall–Kier alpha value is -0.950. The van der Waals surface area contributed by atoms with Crippen LogP contribution in [0.15, 0.2) is 12.7 Å². The number of ether oxygens (including phenoxy) is 3. The zero-order valence-corrected chi connectivity index (χ0v) is 18.9. The molecule has 4 rings (SSSR count). The number of carbonyl (C=O) groups excluding carboxylic acids is 1. The summed E-state index contributed by atoms with van der Waals surface area (Å²) in [6, 6.07) is 0. The van der Waals surface area contributed by atoms with Gasteiger partial charge in [-0.1, -0.05) is 33.8 Å². The van der Waals surface area contributed by atoms with Gasteiger partial charge in [0.05, 0.1) is 19.3 Å². The zero-order chi connectivity index (χ0) is 21.9. The molecule has 4 fully saturated rings. The molecular formula is C24H38O6. The van der Waals surface area contributed by atoms with E-state index in [-0.39, 0.29) is 23.2 Å². The standard InChI is InChI=1S/C24H38O6/c1-6-21(4)13-17(30-18(26)14-25)22(5)15(2)7-8-23(16(3)19(21)27)9-10-24(20(22)23)28-11-12-29-24/h6,15-17,19-20,25,27H,1,7-14H2,2-5H3/t15-,16-,17-,19+,20?,21+,22+,23+/m1/s1. The van der Waals surface area contributed by atoms with Crippen LogP contribution in [0, 0.1) is 34.0 Å². The second kappa shape index (κ2) is 7.29. The van der Waals surface area contributed by atoms with Crippen LogP contribution in [0.5, 0.6) is 0 Å². The molecule has 0 amide bonds. The van der Waals surface area contributed by atoms with Gasteiger partial charge in [0.1, 0.15) is 12.7 Å². The van der Waals surface area contributed by atoms with Crippen molar-refractivity contribution in [2.45, 2.75) is 77.8 Å². The van der Waals surface area contributed by atoms with E-state index in [1.54, 1.807) is 0 Å². The summed E-state index contributed by atoms with van der Waals surface area (Å²) in [5, 5.41) is 21.0. The average Bonchev–Trinajstić information content (AvgIpc) is 3.34. The molecule has 8 atom stereocenters. The van der Waals surface area contributed by atoms with Crippen molar-refractivity contribution in [2.75, 3.05) is 19.8 Å². The quantitative estimate of drug-likeness (QED) is 0.537. The molecule has 1 aliphatic heterocycles. The third kappa shape index (κ3) is 2.79. The van der Waals surface area contributed by atoms with Gasteiger partial charge in [0.15, 0.2) is 5.79 Å². The van der Waals surface area contributed by atoms with Gasteiger partial charge in [-0.25, -0.2) is 4.79 Å². The fourth-order valence-electron chi connectivity index (χ4n) is 7.77. The highest BCUT2D eigenvalue weighted by molar-refractivity contribution is 5.70. The van der Waals surface area contributed by atoms with Crippen molar-refractivity contribution in [3.8, 4) is 0 Å². The van der Waals surface area contributed by atoms with Gasteiger partial charge < -0.3 is 24.4 Å². The Kier molecular flexibility index (Phi) is 5.41. The van der Waals surface area contributed by atoms with Crippen LogP contribution in [0.4, 0.5) is 0 Å². The molecule has 1 spiro atoms. The Labute approximate surface area is 180 Å². The highest BCUT2D eigenvalue weighted by Crippen LogP contribution is 2.72. The van der Waals surface area contributed by atoms with Crippen LogP contribution in [0.2, 0.25) is 0 Å². The maximum atomic E-state index is 12.3. The van der Waals surface area contributed by atoms with E-state index in [2.05, 4.69) is 27.4 Å². The summed E-state index contributed by atoms with van der Waals surface area (Å²) < 4.78 is 18.6. The highest BCUT2D eigenvalue weighted by atomic mass is 16.7. The van der Waals surface area contributed by atoms with Crippen molar-refractivity contribution in [3.05, 3.63) is 12.7 Å². The van der Waals surface area contributed by atoms with Gasteiger partial charge in [0, 0.05) is 23.2 Å². The van der Waals surface area contributed by atoms with Crippen LogP contribution >= 0.6 is 0 Å². The molecular weight excluding hydrogens is 384 g/mol. The van der Waals surface area contributed by atoms with Gasteiger partial charge in [-0.15, -0.1) is 6.58 Å². The first-order valence-electron chi connectivity index (χ1n) is 11.5. The van der Waals surface area contributed by atoms with E-state index in [9.17, 15) is 15.0 Å². The normalized spacial score (nSPS) is 49.9. The van der Waals surface area contributed by atoms with E-state index < -0.39 is 41.4 Å². The molecule has 0 aromatic rings. The molecule has 6 heteroatoms. The van der Waals surface area contributed by atoms with Crippen molar-refractivity contribution in [1.82, 2.24) is 0 Å². The van der Waals surface area contributed by atoms with Crippen molar-refractivity contribution >= 4 is 5.97 Å². The minimum Gasteiger partial charge on any atom is -0.460 e. The molecule has 1 heterocycles. The van der Waals surface area contributed by atoms with Gasteiger partial charge in [0.2, 0.25) is 0 Å². The summed E-state index contributed by atoms with van der Waals surface area (Å²) in [4.78, 5) is 12.3. The third-order valence-corrected chi connectivity index (χ3v) is 9.70. The molecule has 6 nitrogen and oxygen atoms in total. The lowest BCUT2D eigenvalue weighted by atomic mass is 9.43. The molecule has 0 aromatic heterocycles. The van der Waals surface area contributed by atoms with Gasteiger partial charge in [0.25, 0.3) is 0 Å². The number of aliphatic hydroxyl groups excluding tert-OH is 2. The molecule has 0 aromatic carbocycles. The molecule has 2 N–H and O–H groups in total. The number of rotatable bonds is 3. The Morgan fingerprint density at radius 1 is 1.20 bits per heavy atom. The summed E-state index contributed by atoms with van der Waals surface area (Å²) in [7, 11) is 0. The minimum absolute atomic E-state index is 0.000687. The maximum Gasteiger partial charge on any atom is 0.332 e. The van der Waals surface area contributed by atoms with Crippen LogP contribution < -0.4 is 0 Å². The number of hydrogen-bond acceptors (Lipinski definition) is 6. The SMILES string of the molecule is C=C[C@@]1(C)C[C@@H](OC(=O)CO)[C@@]2(C)C3C4(CC[C@@]3(CC[C@H]2C)[C@H](C)[C@@H]1O)OCCO4. The topological polar surface area (TPSA) is 85.2 Å². The average molecular weight is 423 g/mol. The fraction of sp³-hybridized carbons (Fsp3) is 0.875. The molecule has 170 valence electrons. The van der Waals surface area contributed by atoms with Gasteiger partial charge in [-0.05, 0) is 42.9 Å². The molecule has 3 aliphatic carbocycles. The Morgan fingerprint density at radius 2 is 1.87 bits per heavy atom. The minimum atomic E-state index is -0.691. The maximum absolute atomic E-state index is 12.3. The van der Waals surface area contributed by atoms with E-state index in [4.69, 9.17) is 14.2 Å². The van der Waals surface area contributed by atoms with E-state index in [1.807, 2.05) is 13.0 Å². The summed E-state index contributed by atoms with van der Waals surface area (Å²) in [5.74, 6) is -1.02. The smallest absolute Gasteiger partial charge is 0.332 e. The number of carbonyl (C=O) groups is 1. The second-order valence-corrected chi connectivity index (χ2v) is 10.8. The highest BCUT2D eigenvalue weighted by Gasteiger charge is 2.73. The first kappa shape index (κ1) is 22.3. The van der Waals surface area contributed by atoms with E-state index >= 15 is 0 Å². The predicted octanol–water partition coefficient (Wildman–Crippen LogP) is 3.06. The van der Waals surface area contributed by atoms with Crippen LogP contribution in [0.3, 0.4) is 0 Å². The van der Waals surface area contributed by atoms with Crippen molar-refractivity contribution in [3.63, 3.8) is 0 Å². The summed E-state index contributed by atoms with van der Waals surface area (Å²) in [6.07, 6.45) is 4.88. The molecule has 4 aliphatic rings. The number of esters is 1. The summed E-state index contributed by atoms with van der Waals surface area (Å²) in [6.45, 7) is 13.2. The largest absolute Gasteiger partial charge is 0.460 e. The lowest BCUT2D eigenvalue weighted by Crippen LogP contribution is -2.66. The zero-order valence-electron chi connectivity index (χ0n) is 18.9. The number of hydrogen-bond donors (Lipinski definition) is 2. The molecule has 1 unspecified atom stereocenters. The first-order chi connectivity index (χ1) is 14.1. The van der Waals surface area contributed by atoms with E-state index in [0.717, 1.165) is 25.7 Å². The number of aliphatic hydroxyl groups is 2. The van der Waals surface area contributed by atoms with Crippen LogP contribution in [0.25, 0.3) is 0 Å². The summed E-state index contributed by atoms with van der Waals surface area (Å²) >= 11 is 0. The second-order valence-electron chi connectivity index (χ2n) is 10.8. The van der Waals surface area contributed by atoms with Crippen molar-refractivity contribution < 1.29 is 29.2 Å². The predicted molar refractivity (Wildman–Crippen MR) is 111 cm³/mol. The summed E-state index contributed by atoms with van der Waals surface area (Å²) in [5.41, 5.74) is -1.19. The van der Waals surface area contributed by atoms with E-state index in [0.29, 0.717) is 19.6 Å². The van der Waals surface area contributed by atoms with Crippen LogP contribution in [0.1, 0.15) is 59.8 Å². The first-order valence-corrected chi connectivity index (χ1v) is 11.5. The van der Waals surface area contributed by atoms with Gasteiger partial charge in [-0.3, -0.25) is 0 Å². The van der Waals surface area contributed by atoms with E-state index in [1.165, 1.54) is 0 Å². The Balaban J connectivity index is 1.93. The molecule has 2 bridgehead atoms. The van der Waals surface area contributed by atoms with Gasteiger partial charge >= 0.3 is 5.97 Å². The van der Waals surface area contributed by atoms with Crippen LogP contribution in [-0.4, -0.2) is 54.0 Å². The lowest BCUT2D eigenvalue weighted by Gasteiger charge is -2.64. The van der Waals surface area contributed by atoms with Gasteiger partial charge in [-0.2, -0.15) is 0 Å². The third-order valence-electron chi connectivity index (χ3n) is 9.70. The lowest BCUT2D eigenvalue weighted by molar-refractivity contribution is -0.284. The van der Waals surface area contributed by atoms with Crippen molar-refractivity contribution in [1.29, 1.82) is 0 Å². The molecule has 3 saturated carbocycles. The molecule has 0 radical (unpaired) electrons. The molecule has 1 saturated heterocycles. The van der Waals surface area contributed by atoms with Crippen molar-refractivity contribution in [2.24, 2.45) is 34.0 Å². The fourth-order valence-corrected chi connectivity index (χ4v) is 7.77. The Morgan fingerprint density at radius 3 is 2.47 bits per heavy atom. The molecule has 30 heavy (non-hydrogen) atoms. The monoisotopic (exact) mass is 422 g/mol. The Bertz CT molecular complexity index is 702. The van der Waals surface area contributed by atoms with Crippen LogP contribution in [-0.2, 0) is 19.0 Å².